The van der Waals surface area contributed by atoms with E-state index in [9.17, 15) is 8.78 Å². The molecule has 0 bridgehead atoms. The highest BCUT2D eigenvalue weighted by Gasteiger charge is 2.33. The molecule has 0 amide bonds. The van der Waals surface area contributed by atoms with E-state index in [0.717, 1.165) is 53.3 Å². The molecule has 2 aromatic heterocycles. The standard InChI is InChI=1S/C27H26F2N6O2/c1-34-14-22(25(33-34)13-32-36)16-2-3-23-20(10-16)27(35-6-4-24-26(15-35)37-7-5-30-24)21(12-31-23)17-8-18(28)11-19(29)9-17/h2-3,8-14,24,26,30,36H,4-7,15H2,1H3/b32-13+/t24?,26-/m1/s1. The number of aromatic nitrogens is 3. The molecule has 2 N–H and O–H groups in total. The predicted molar refractivity (Wildman–Crippen MR) is 137 cm³/mol. The number of nitrogens with one attached hydrogen (secondary N) is 1. The predicted octanol–water partition coefficient (Wildman–Crippen LogP) is 3.96. The zero-order chi connectivity index (χ0) is 25.5. The van der Waals surface area contributed by atoms with Crippen LogP contribution in [0.25, 0.3) is 33.2 Å². The highest BCUT2D eigenvalue weighted by Crippen LogP contribution is 2.40. The number of hydrogen-bond acceptors (Lipinski definition) is 7. The van der Waals surface area contributed by atoms with Gasteiger partial charge in [0.25, 0.3) is 0 Å². The Morgan fingerprint density at radius 2 is 1.97 bits per heavy atom. The van der Waals surface area contributed by atoms with Gasteiger partial charge in [-0.3, -0.25) is 9.67 Å². The van der Waals surface area contributed by atoms with Gasteiger partial charge in [-0.25, -0.2) is 8.78 Å². The number of ether oxygens (including phenoxy) is 1. The van der Waals surface area contributed by atoms with Crippen molar-refractivity contribution in [2.45, 2.75) is 18.6 Å². The van der Waals surface area contributed by atoms with Crippen molar-refractivity contribution in [3.05, 3.63) is 66.1 Å². The Labute approximate surface area is 212 Å². The summed E-state index contributed by atoms with van der Waals surface area (Å²) < 4.78 is 36.3. The molecule has 2 saturated heterocycles. The van der Waals surface area contributed by atoms with E-state index in [-0.39, 0.29) is 12.1 Å². The summed E-state index contributed by atoms with van der Waals surface area (Å²) in [5, 5.41) is 21.0. The van der Waals surface area contributed by atoms with Crippen LogP contribution in [0.2, 0.25) is 0 Å². The minimum absolute atomic E-state index is 0.0108. The number of oxime groups is 1. The molecule has 6 rings (SSSR count). The van der Waals surface area contributed by atoms with Crippen molar-refractivity contribution in [2.24, 2.45) is 12.2 Å². The Hall–Kier alpha value is -3.89. The monoisotopic (exact) mass is 504 g/mol. The minimum atomic E-state index is -0.642. The summed E-state index contributed by atoms with van der Waals surface area (Å²) in [5.41, 5.74) is 4.83. The molecule has 2 atom stereocenters. The molecule has 0 saturated carbocycles. The van der Waals surface area contributed by atoms with Gasteiger partial charge in [-0.05, 0) is 41.8 Å². The van der Waals surface area contributed by atoms with E-state index >= 15 is 0 Å². The first-order valence-corrected chi connectivity index (χ1v) is 12.2. The van der Waals surface area contributed by atoms with Crippen LogP contribution < -0.4 is 10.2 Å². The number of aryl methyl sites for hydroxylation is 1. The lowest BCUT2D eigenvalue weighted by molar-refractivity contribution is -0.00896. The van der Waals surface area contributed by atoms with Gasteiger partial charge in [0, 0.05) is 67.7 Å². The van der Waals surface area contributed by atoms with Gasteiger partial charge in [0.05, 0.1) is 30.1 Å². The average Bonchev–Trinajstić information content (AvgIpc) is 3.27. The third-order valence-electron chi connectivity index (χ3n) is 7.08. The number of halogens is 2. The number of rotatable bonds is 4. The van der Waals surface area contributed by atoms with Crippen molar-refractivity contribution in [1.29, 1.82) is 0 Å². The molecule has 2 aromatic carbocycles. The van der Waals surface area contributed by atoms with Crippen LogP contribution in [0.3, 0.4) is 0 Å². The van der Waals surface area contributed by atoms with Crippen molar-refractivity contribution >= 4 is 22.8 Å². The molecule has 190 valence electrons. The number of benzene rings is 2. The number of pyridine rings is 1. The van der Waals surface area contributed by atoms with Gasteiger partial charge in [-0.15, -0.1) is 0 Å². The SMILES string of the molecule is Cn1cc(-c2ccc3ncc(-c4cc(F)cc(F)c4)c(N4CCC5NCCO[C@@H]5C4)c3c2)c(/C=N/O)n1. The Kier molecular flexibility index (Phi) is 6.05. The second-order valence-electron chi connectivity index (χ2n) is 9.46. The van der Waals surface area contributed by atoms with Crippen molar-refractivity contribution in [3.8, 4) is 22.3 Å². The van der Waals surface area contributed by atoms with E-state index < -0.39 is 11.6 Å². The summed E-state index contributed by atoms with van der Waals surface area (Å²) in [6.45, 7) is 2.87. The van der Waals surface area contributed by atoms with Gasteiger partial charge >= 0.3 is 0 Å². The number of nitrogens with zero attached hydrogens (tertiary/aromatic N) is 5. The highest BCUT2D eigenvalue weighted by molar-refractivity contribution is 6.02. The lowest BCUT2D eigenvalue weighted by atomic mass is 9.95. The average molecular weight is 505 g/mol. The van der Waals surface area contributed by atoms with Gasteiger partial charge in [-0.1, -0.05) is 11.2 Å². The molecule has 8 nitrogen and oxygen atoms in total. The second kappa shape index (κ2) is 9.53. The van der Waals surface area contributed by atoms with Crippen LogP contribution in [0.4, 0.5) is 14.5 Å². The molecule has 0 spiro atoms. The number of piperidine rings is 1. The van der Waals surface area contributed by atoms with Crippen LogP contribution >= 0.6 is 0 Å². The fraction of sp³-hybridized carbons (Fsp3) is 0.296. The van der Waals surface area contributed by atoms with Crippen molar-refractivity contribution in [3.63, 3.8) is 0 Å². The smallest absolute Gasteiger partial charge is 0.126 e. The number of morpholine rings is 1. The molecule has 37 heavy (non-hydrogen) atoms. The summed E-state index contributed by atoms with van der Waals surface area (Å²) in [6, 6.07) is 9.68. The van der Waals surface area contributed by atoms with E-state index in [1.807, 2.05) is 24.4 Å². The maximum atomic E-state index is 14.3. The van der Waals surface area contributed by atoms with Crippen LogP contribution in [0.15, 0.2) is 53.9 Å². The summed E-state index contributed by atoms with van der Waals surface area (Å²) in [4.78, 5) is 6.89. The lowest BCUT2D eigenvalue weighted by Crippen LogP contribution is -2.57. The van der Waals surface area contributed by atoms with E-state index in [4.69, 9.17) is 9.94 Å². The maximum absolute atomic E-state index is 14.3. The topological polar surface area (TPSA) is 87.8 Å². The molecule has 4 aromatic rings. The Bertz CT molecular complexity index is 1480. The molecule has 0 radical (unpaired) electrons. The Morgan fingerprint density at radius 1 is 1.14 bits per heavy atom. The van der Waals surface area contributed by atoms with Crippen molar-refractivity contribution < 1.29 is 18.7 Å². The first-order valence-electron chi connectivity index (χ1n) is 12.2. The molecule has 10 heteroatoms. The number of fused-ring (bicyclic) bond motifs is 2. The summed E-state index contributed by atoms with van der Waals surface area (Å²) in [5.74, 6) is -1.28. The molecular formula is C27H26F2N6O2. The largest absolute Gasteiger partial charge is 0.411 e. The quantitative estimate of drug-likeness (QED) is 0.249. The third-order valence-corrected chi connectivity index (χ3v) is 7.08. The highest BCUT2D eigenvalue weighted by atomic mass is 19.1. The summed E-state index contributed by atoms with van der Waals surface area (Å²) in [6.07, 6.45) is 5.72. The van der Waals surface area contributed by atoms with Gasteiger partial charge in [0.1, 0.15) is 17.3 Å². The van der Waals surface area contributed by atoms with E-state index in [1.165, 1.54) is 18.3 Å². The first kappa shape index (κ1) is 23.5. The molecule has 4 heterocycles. The normalized spacial score (nSPS) is 20.0. The first-order chi connectivity index (χ1) is 18.0. The zero-order valence-electron chi connectivity index (χ0n) is 20.2. The van der Waals surface area contributed by atoms with Gasteiger partial charge in [0.15, 0.2) is 0 Å². The van der Waals surface area contributed by atoms with E-state index in [1.54, 1.807) is 17.9 Å². The molecule has 2 aliphatic heterocycles. The third kappa shape index (κ3) is 4.42. The molecule has 1 unspecified atom stereocenters. The molecule has 2 aliphatic rings. The number of anilines is 1. The van der Waals surface area contributed by atoms with Gasteiger partial charge in [-0.2, -0.15) is 5.10 Å². The van der Waals surface area contributed by atoms with Crippen molar-refractivity contribution in [1.82, 2.24) is 20.1 Å². The fourth-order valence-electron chi connectivity index (χ4n) is 5.46. The molecule has 2 fully saturated rings. The van der Waals surface area contributed by atoms with E-state index in [2.05, 4.69) is 25.5 Å². The second-order valence-corrected chi connectivity index (χ2v) is 9.46. The molecule has 0 aliphatic carbocycles. The van der Waals surface area contributed by atoms with Crippen LogP contribution in [0.5, 0.6) is 0 Å². The van der Waals surface area contributed by atoms with Crippen molar-refractivity contribution in [2.75, 3.05) is 31.1 Å². The zero-order valence-corrected chi connectivity index (χ0v) is 20.2. The summed E-state index contributed by atoms with van der Waals surface area (Å²) in [7, 11) is 1.80. The van der Waals surface area contributed by atoms with Crippen LogP contribution in [0.1, 0.15) is 12.1 Å². The van der Waals surface area contributed by atoms with Crippen LogP contribution in [-0.2, 0) is 11.8 Å². The lowest BCUT2D eigenvalue weighted by Gasteiger charge is -2.43. The maximum Gasteiger partial charge on any atom is 0.126 e. The van der Waals surface area contributed by atoms with Gasteiger partial charge < -0.3 is 20.2 Å². The molecular weight excluding hydrogens is 478 g/mol. The minimum Gasteiger partial charge on any atom is -0.411 e. The van der Waals surface area contributed by atoms with Crippen LogP contribution in [-0.4, -0.2) is 64.6 Å². The Morgan fingerprint density at radius 3 is 2.78 bits per heavy atom. The van der Waals surface area contributed by atoms with Gasteiger partial charge in [0.2, 0.25) is 0 Å². The van der Waals surface area contributed by atoms with E-state index in [0.29, 0.717) is 30.0 Å². The Balaban J connectivity index is 1.55. The fourth-order valence-corrected chi connectivity index (χ4v) is 5.46. The summed E-state index contributed by atoms with van der Waals surface area (Å²) >= 11 is 0. The number of hydrogen-bond donors (Lipinski definition) is 2. The van der Waals surface area contributed by atoms with Crippen LogP contribution in [0, 0.1) is 11.6 Å².